The summed E-state index contributed by atoms with van der Waals surface area (Å²) in [5.41, 5.74) is 8.54. The summed E-state index contributed by atoms with van der Waals surface area (Å²) in [6.07, 6.45) is 1.06. The van der Waals surface area contributed by atoms with E-state index in [1.165, 1.54) is 5.56 Å². The van der Waals surface area contributed by atoms with E-state index in [0.717, 1.165) is 18.7 Å². The molecule has 0 saturated carbocycles. The number of fused-ring (bicyclic) bond motifs is 1. The van der Waals surface area contributed by atoms with Crippen molar-refractivity contribution >= 4 is 15.5 Å². The summed E-state index contributed by atoms with van der Waals surface area (Å²) >= 11 is 0. The van der Waals surface area contributed by atoms with Crippen LogP contribution in [0, 0.1) is 5.92 Å². The molecule has 4 nitrogen and oxygen atoms in total. The molecule has 2 N–H and O–H groups in total. The summed E-state index contributed by atoms with van der Waals surface area (Å²) < 4.78 is 23.6. The van der Waals surface area contributed by atoms with Crippen LogP contribution < -0.4 is 10.6 Å². The van der Waals surface area contributed by atoms with Crippen LogP contribution in [0.3, 0.4) is 0 Å². The molecule has 1 saturated heterocycles. The van der Waals surface area contributed by atoms with Crippen molar-refractivity contribution in [2.75, 3.05) is 23.0 Å². The lowest BCUT2D eigenvalue weighted by molar-refractivity contribution is 0.475. The molecule has 0 aromatic heterocycles. The van der Waals surface area contributed by atoms with E-state index in [-0.39, 0.29) is 23.6 Å². The van der Waals surface area contributed by atoms with Crippen molar-refractivity contribution in [1.82, 2.24) is 0 Å². The van der Waals surface area contributed by atoms with Crippen LogP contribution in [0.2, 0.25) is 0 Å². The Hall–Kier alpha value is -1.07. The second kappa shape index (κ2) is 4.49. The van der Waals surface area contributed by atoms with Gasteiger partial charge >= 0.3 is 0 Å². The van der Waals surface area contributed by atoms with Crippen LogP contribution in [-0.2, 0) is 16.3 Å². The summed E-state index contributed by atoms with van der Waals surface area (Å²) in [5.74, 6) is 0.838. The molecule has 104 valence electrons. The molecule has 0 bridgehead atoms. The highest BCUT2D eigenvalue weighted by Crippen LogP contribution is 2.33. The van der Waals surface area contributed by atoms with Gasteiger partial charge < -0.3 is 10.6 Å². The van der Waals surface area contributed by atoms with E-state index in [4.69, 9.17) is 5.73 Å². The number of benzene rings is 1. The molecule has 2 heterocycles. The molecule has 2 aliphatic rings. The molecule has 1 fully saturated rings. The van der Waals surface area contributed by atoms with Crippen LogP contribution in [0.1, 0.15) is 12.5 Å². The first kappa shape index (κ1) is 12.9. The van der Waals surface area contributed by atoms with E-state index in [2.05, 4.69) is 24.0 Å². The Bertz CT molecular complexity index is 585. The van der Waals surface area contributed by atoms with Gasteiger partial charge in [-0.3, -0.25) is 0 Å². The first-order chi connectivity index (χ1) is 8.96. The van der Waals surface area contributed by atoms with Gasteiger partial charge in [0.15, 0.2) is 9.84 Å². The molecule has 1 aromatic carbocycles. The van der Waals surface area contributed by atoms with Gasteiger partial charge in [-0.15, -0.1) is 0 Å². The second-order valence-electron chi connectivity index (χ2n) is 5.90. The van der Waals surface area contributed by atoms with E-state index < -0.39 is 9.84 Å². The van der Waals surface area contributed by atoms with Crippen LogP contribution >= 0.6 is 0 Å². The third kappa shape index (κ3) is 2.37. The third-order valence-corrected chi connectivity index (χ3v) is 5.89. The van der Waals surface area contributed by atoms with Gasteiger partial charge in [0, 0.05) is 18.3 Å². The number of rotatable bonds is 1. The smallest absolute Gasteiger partial charge is 0.153 e. The van der Waals surface area contributed by atoms with Crippen LogP contribution in [0.15, 0.2) is 24.3 Å². The van der Waals surface area contributed by atoms with E-state index in [0.29, 0.717) is 5.92 Å². The highest BCUT2D eigenvalue weighted by Gasteiger charge is 2.40. The minimum absolute atomic E-state index is 0.0751. The van der Waals surface area contributed by atoms with Gasteiger partial charge in [-0.25, -0.2) is 8.42 Å². The second-order valence-corrected chi connectivity index (χ2v) is 8.05. The Morgan fingerprint density at radius 3 is 2.68 bits per heavy atom. The topological polar surface area (TPSA) is 63.4 Å². The summed E-state index contributed by atoms with van der Waals surface area (Å²) in [6, 6.07) is 7.92. The number of hydrogen-bond donors (Lipinski definition) is 1. The molecule has 5 heteroatoms. The number of hydrogen-bond acceptors (Lipinski definition) is 4. The standard InChI is InChI=1S/C14H20N2O2S/c1-10-6-11-4-2-3-5-13(11)16(7-10)14-9-19(17,18)8-12(14)15/h2-5,10,12,14H,6-9,15H2,1H3. The molecule has 3 rings (SSSR count). The average molecular weight is 280 g/mol. The lowest BCUT2D eigenvalue weighted by Crippen LogP contribution is -2.50. The third-order valence-electron chi connectivity index (χ3n) is 4.14. The predicted octanol–water partition coefficient (Wildman–Crippen LogP) is 0.809. The normalized spacial score (nSPS) is 33.2. The number of anilines is 1. The zero-order valence-electron chi connectivity index (χ0n) is 11.1. The monoisotopic (exact) mass is 280 g/mol. The summed E-state index contributed by atoms with van der Waals surface area (Å²) in [6.45, 7) is 3.10. The Morgan fingerprint density at radius 1 is 1.26 bits per heavy atom. The summed E-state index contributed by atoms with van der Waals surface area (Å²) in [7, 11) is -2.98. The molecular weight excluding hydrogens is 260 g/mol. The highest BCUT2D eigenvalue weighted by atomic mass is 32.2. The van der Waals surface area contributed by atoms with Gasteiger partial charge in [-0.05, 0) is 24.0 Å². The van der Waals surface area contributed by atoms with E-state index in [9.17, 15) is 8.42 Å². The fourth-order valence-corrected chi connectivity index (χ4v) is 5.22. The van der Waals surface area contributed by atoms with Gasteiger partial charge in [0.25, 0.3) is 0 Å². The zero-order chi connectivity index (χ0) is 13.6. The van der Waals surface area contributed by atoms with Crippen molar-refractivity contribution in [2.24, 2.45) is 11.7 Å². The first-order valence-corrected chi connectivity index (χ1v) is 8.59. The largest absolute Gasteiger partial charge is 0.365 e. The molecule has 1 aromatic rings. The summed E-state index contributed by atoms with van der Waals surface area (Å²) in [4.78, 5) is 2.22. The SMILES string of the molecule is CC1Cc2ccccc2N(C2CS(=O)(=O)CC2N)C1. The van der Waals surface area contributed by atoms with Crippen LogP contribution in [0.5, 0.6) is 0 Å². The maximum absolute atomic E-state index is 11.8. The van der Waals surface area contributed by atoms with Crippen molar-refractivity contribution in [3.63, 3.8) is 0 Å². The molecule has 3 atom stereocenters. The maximum Gasteiger partial charge on any atom is 0.153 e. The van der Waals surface area contributed by atoms with Crippen LogP contribution in [0.25, 0.3) is 0 Å². The minimum atomic E-state index is -2.98. The van der Waals surface area contributed by atoms with Gasteiger partial charge in [-0.2, -0.15) is 0 Å². The van der Waals surface area contributed by atoms with Gasteiger partial charge in [0.1, 0.15) is 0 Å². The Balaban J connectivity index is 1.97. The lowest BCUT2D eigenvalue weighted by Gasteiger charge is -2.40. The Labute approximate surface area is 114 Å². The van der Waals surface area contributed by atoms with Gasteiger partial charge in [-0.1, -0.05) is 25.1 Å². The molecule has 0 amide bonds. The average Bonchev–Trinajstić information content (AvgIpc) is 2.61. The first-order valence-electron chi connectivity index (χ1n) is 6.77. The van der Waals surface area contributed by atoms with Crippen molar-refractivity contribution in [3.8, 4) is 0 Å². The number of para-hydroxylation sites is 1. The van der Waals surface area contributed by atoms with Crippen molar-refractivity contribution in [2.45, 2.75) is 25.4 Å². The molecule has 19 heavy (non-hydrogen) atoms. The molecule has 0 aliphatic carbocycles. The number of nitrogens with zero attached hydrogens (tertiary/aromatic N) is 1. The maximum atomic E-state index is 11.8. The Morgan fingerprint density at radius 2 is 2.00 bits per heavy atom. The van der Waals surface area contributed by atoms with Crippen LogP contribution in [0.4, 0.5) is 5.69 Å². The van der Waals surface area contributed by atoms with Gasteiger partial charge in [0.2, 0.25) is 0 Å². The van der Waals surface area contributed by atoms with Crippen LogP contribution in [-0.4, -0.2) is 38.6 Å². The molecule has 0 radical (unpaired) electrons. The fraction of sp³-hybridized carbons (Fsp3) is 0.571. The van der Waals surface area contributed by atoms with E-state index in [1.807, 2.05) is 12.1 Å². The molecular formula is C14H20N2O2S. The summed E-state index contributed by atoms with van der Waals surface area (Å²) in [5, 5.41) is 0. The Kier molecular flexibility index (Phi) is 3.06. The van der Waals surface area contributed by atoms with E-state index in [1.54, 1.807) is 0 Å². The molecule has 2 aliphatic heterocycles. The van der Waals surface area contributed by atoms with Crippen molar-refractivity contribution in [3.05, 3.63) is 29.8 Å². The highest BCUT2D eigenvalue weighted by molar-refractivity contribution is 7.91. The van der Waals surface area contributed by atoms with Gasteiger partial charge in [0.05, 0.1) is 17.5 Å². The molecule has 3 unspecified atom stereocenters. The minimum Gasteiger partial charge on any atom is -0.365 e. The molecule has 0 spiro atoms. The number of nitrogens with two attached hydrogens (primary N) is 1. The number of sulfone groups is 1. The van der Waals surface area contributed by atoms with Crippen molar-refractivity contribution < 1.29 is 8.42 Å². The lowest BCUT2D eigenvalue weighted by atomic mass is 9.92. The fourth-order valence-electron chi connectivity index (χ4n) is 3.33. The van der Waals surface area contributed by atoms with Crippen molar-refractivity contribution in [1.29, 1.82) is 0 Å². The predicted molar refractivity (Wildman–Crippen MR) is 77.1 cm³/mol. The van der Waals surface area contributed by atoms with E-state index >= 15 is 0 Å². The zero-order valence-corrected chi connectivity index (χ0v) is 11.9. The quantitative estimate of drug-likeness (QED) is 0.827.